The Bertz CT molecular complexity index is 314. The monoisotopic (exact) mass is 226 g/mol. The zero-order valence-corrected chi connectivity index (χ0v) is 9.58. The third kappa shape index (κ3) is 3.53. The molecule has 1 atom stereocenters. The summed E-state index contributed by atoms with van der Waals surface area (Å²) < 4.78 is 0. The van der Waals surface area contributed by atoms with Crippen molar-refractivity contribution in [3.05, 3.63) is 30.3 Å². The molecule has 0 heterocycles. The number of rotatable bonds is 4. The van der Waals surface area contributed by atoms with Crippen LogP contribution in [0.1, 0.15) is 13.8 Å². The molecule has 0 aliphatic rings. The Hall–Kier alpha value is -1.06. The second-order valence-corrected chi connectivity index (χ2v) is 3.90. The highest BCUT2D eigenvalue weighted by molar-refractivity contribution is 6.15. The molecular weight excluding hydrogens is 212 g/mol. The van der Waals surface area contributed by atoms with Gasteiger partial charge in [0, 0.05) is 5.69 Å². The van der Waals surface area contributed by atoms with E-state index in [2.05, 4.69) is 10.2 Å². The fraction of sp³-hybridized carbons (Fsp3) is 0.364. The first-order chi connectivity index (χ1) is 7.15. The van der Waals surface area contributed by atoms with Crippen LogP contribution in [-0.4, -0.2) is 11.9 Å². The second kappa shape index (κ2) is 5.73. The molecule has 0 saturated heterocycles. The van der Waals surface area contributed by atoms with Gasteiger partial charge in [0.15, 0.2) is 0 Å². The van der Waals surface area contributed by atoms with Gasteiger partial charge in [-0.25, -0.2) is 4.84 Å². The Kier molecular flexibility index (Phi) is 4.59. The quantitative estimate of drug-likeness (QED) is 0.775. The predicted molar refractivity (Wildman–Crippen MR) is 62.7 cm³/mol. The zero-order chi connectivity index (χ0) is 11.3. The van der Waals surface area contributed by atoms with E-state index >= 15 is 0 Å². The highest BCUT2D eigenvalue weighted by Gasteiger charge is 2.20. The maximum Gasteiger partial charge on any atom is 0.243 e. The van der Waals surface area contributed by atoms with Crippen molar-refractivity contribution in [2.75, 3.05) is 5.32 Å². The Labute approximate surface area is 94.9 Å². The summed E-state index contributed by atoms with van der Waals surface area (Å²) in [7, 11) is 0. The van der Waals surface area contributed by atoms with E-state index in [1.54, 1.807) is 0 Å². The van der Waals surface area contributed by atoms with Gasteiger partial charge in [-0.1, -0.05) is 32.0 Å². The summed E-state index contributed by atoms with van der Waals surface area (Å²) in [5.41, 5.74) is 0.778. The normalized spacial score (nSPS) is 12.5. The molecule has 0 aliphatic carbocycles. The number of nitrogens with one attached hydrogen (secondary N) is 2. The third-order valence-electron chi connectivity index (χ3n) is 2.11. The SMILES string of the molecule is CC(C)[C@H](NCl)C(=O)Nc1ccccc1. The first kappa shape index (κ1) is 12.0. The van der Waals surface area contributed by atoms with E-state index in [4.69, 9.17) is 11.8 Å². The minimum Gasteiger partial charge on any atom is -0.325 e. The first-order valence-electron chi connectivity index (χ1n) is 4.87. The standard InChI is InChI=1S/C11H15ClN2O/c1-8(2)10(14-12)11(15)13-9-6-4-3-5-7-9/h3-8,10,14H,1-2H3,(H,13,15)/t10-/m0/s1. The lowest BCUT2D eigenvalue weighted by Crippen LogP contribution is -2.39. The largest absolute Gasteiger partial charge is 0.325 e. The molecule has 2 N–H and O–H groups in total. The summed E-state index contributed by atoms with van der Waals surface area (Å²) in [6, 6.07) is 8.93. The lowest BCUT2D eigenvalue weighted by molar-refractivity contribution is -0.118. The number of para-hydroxylation sites is 1. The molecule has 0 aromatic heterocycles. The van der Waals surface area contributed by atoms with Gasteiger partial charge in [0.2, 0.25) is 5.91 Å². The van der Waals surface area contributed by atoms with E-state index in [9.17, 15) is 4.79 Å². The van der Waals surface area contributed by atoms with Crippen molar-refractivity contribution in [3.63, 3.8) is 0 Å². The molecule has 1 aromatic rings. The molecule has 4 heteroatoms. The van der Waals surface area contributed by atoms with Gasteiger partial charge in [-0.2, -0.15) is 0 Å². The van der Waals surface area contributed by atoms with Crippen LogP contribution in [0.25, 0.3) is 0 Å². The maximum atomic E-state index is 11.7. The van der Waals surface area contributed by atoms with Crippen molar-refractivity contribution in [1.82, 2.24) is 4.84 Å². The average molecular weight is 227 g/mol. The number of halogens is 1. The highest BCUT2D eigenvalue weighted by Crippen LogP contribution is 2.09. The van der Waals surface area contributed by atoms with Gasteiger partial charge in [-0.3, -0.25) is 4.79 Å². The van der Waals surface area contributed by atoms with Crippen LogP contribution in [0.4, 0.5) is 5.69 Å². The highest BCUT2D eigenvalue weighted by atomic mass is 35.5. The number of hydrogen-bond donors (Lipinski definition) is 2. The van der Waals surface area contributed by atoms with Crippen LogP contribution in [0.2, 0.25) is 0 Å². The Morgan fingerprint density at radius 2 is 1.87 bits per heavy atom. The first-order valence-corrected chi connectivity index (χ1v) is 5.25. The third-order valence-corrected chi connectivity index (χ3v) is 2.34. The molecule has 0 bridgehead atoms. The van der Waals surface area contributed by atoms with E-state index < -0.39 is 0 Å². The number of hydrogen-bond acceptors (Lipinski definition) is 2. The van der Waals surface area contributed by atoms with Gasteiger partial charge in [0.1, 0.15) is 6.04 Å². The topological polar surface area (TPSA) is 41.1 Å². The number of carbonyl (C=O) groups excluding carboxylic acids is 1. The van der Waals surface area contributed by atoms with Crippen molar-refractivity contribution in [2.24, 2.45) is 5.92 Å². The van der Waals surface area contributed by atoms with Gasteiger partial charge in [-0.15, -0.1) is 0 Å². The number of benzene rings is 1. The van der Waals surface area contributed by atoms with Crippen LogP contribution >= 0.6 is 11.8 Å². The molecule has 82 valence electrons. The zero-order valence-electron chi connectivity index (χ0n) is 8.83. The molecular formula is C11H15ClN2O. The second-order valence-electron chi connectivity index (χ2n) is 3.69. The van der Waals surface area contributed by atoms with Crippen molar-refractivity contribution >= 4 is 23.4 Å². The van der Waals surface area contributed by atoms with Gasteiger partial charge >= 0.3 is 0 Å². The van der Waals surface area contributed by atoms with Crippen molar-refractivity contribution in [1.29, 1.82) is 0 Å². The van der Waals surface area contributed by atoms with E-state index in [0.29, 0.717) is 0 Å². The van der Waals surface area contributed by atoms with E-state index in [1.165, 1.54) is 0 Å². The molecule has 1 amide bonds. The van der Waals surface area contributed by atoms with Crippen molar-refractivity contribution < 1.29 is 4.79 Å². The minimum atomic E-state index is -0.383. The Balaban J connectivity index is 2.62. The molecule has 0 spiro atoms. The summed E-state index contributed by atoms with van der Waals surface area (Å²) >= 11 is 5.51. The van der Waals surface area contributed by atoms with Gasteiger partial charge < -0.3 is 5.32 Å². The van der Waals surface area contributed by atoms with Crippen molar-refractivity contribution in [3.8, 4) is 0 Å². The number of carbonyl (C=O) groups is 1. The molecule has 1 aromatic carbocycles. The minimum absolute atomic E-state index is 0.119. The summed E-state index contributed by atoms with van der Waals surface area (Å²) in [4.78, 5) is 14.2. The molecule has 3 nitrogen and oxygen atoms in total. The summed E-state index contributed by atoms with van der Waals surface area (Å²) in [5, 5.41) is 2.79. The van der Waals surface area contributed by atoms with Gasteiger partial charge in [-0.05, 0) is 29.8 Å². The van der Waals surface area contributed by atoms with E-state index in [0.717, 1.165) is 5.69 Å². The number of amides is 1. The van der Waals surface area contributed by atoms with Crippen LogP contribution in [-0.2, 0) is 4.79 Å². The lowest BCUT2D eigenvalue weighted by atomic mass is 10.0. The molecule has 0 aliphatic heterocycles. The summed E-state index contributed by atoms with van der Waals surface area (Å²) in [6.07, 6.45) is 0. The smallest absolute Gasteiger partial charge is 0.243 e. The van der Waals surface area contributed by atoms with E-state index in [-0.39, 0.29) is 17.9 Å². The van der Waals surface area contributed by atoms with Crippen molar-refractivity contribution in [2.45, 2.75) is 19.9 Å². The summed E-state index contributed by atoms with van der Waals surface area (Å²) in [6.45, 7) is 3.87. The maximum absolute atomic E-state index is 11.7. The molecule has 0 unspecified atom stereocenters. The molecule has 0 fully saturated rings. The predicted octanol–water partition coefficient (Wildman–Crippen LogP) is 2.39. The van der Waals surface area contributed by atoms with Crippen LogP contribution in [0, 0.1) is 5.92 Å². The van der Waals surface area contributed by atoms with E-state index in [1.807, 2.05) is 44.2 Å². The summed E-state index contributed by atoms with van der Waals surface area (Å²) in [5.74, 6) is 0.0254. The molecule has 15 heavy (non-hydrogen) atoms. The lowest BCUT2D eigenvalue weighted by Gasteiger charge is -2.17. The molecule has 1 rings (SSSR count). The van der Waals surface area contributed by atoms with Gasteiger partial charge in [0.05, 0.1) is 0 Å². The molecule has 0 saturated carbocycles. The Morgan fingerprint density at radius 1 is 1.27 bits per heavy atom. The fourth-order valence-electron chi connectivity index (χ4n) is 1.22. The van der Waals surface area contributed by atoms with Crippen LogP contribution in [0.15, 0.2) is 30.3 Å². The molecule has 0 radical (unpaired) electrons. The van der Waals surface area contributed by atoms with Gasteiger partial charge in [0.25, 0.3) is 0 Å². The number of anilines is 1. The van der Waals surface area contributed by atoms with Crippen LogP contribution < -0.4 is 10.2 Å². The fourth-order valence-corrected chi connectivity index (χ4v) is 1.57. The van der Waals surface area contributed by atoms with Crippen LogP contribution in [0.3, 0.4) is 0 Å². The Morgan fingerprint density at radius 3 is 2.33 bits per heavy atom. The average Bonchev–Trinajstić information content (AvgIpc) is 2.19. The van der Waals surface area contributed by atoms with Crippen LogP contribution in [0.5, 0.6) is 0 Å².